The van der Waals surface area contributed by atoms with Crippen LogP contribution >= 0.6 is 0 Å². The number of hydrogen-bond donors (Lipinski definition) is 22. The van der Waals surface area contributed by atoms with E-state index in [2.05, 4.69) is 0 Å². The van der Waals surface area contributed by atoms with Gasteiger partial charge in [0, 0.05) is 138 Å². The van der Waals surface area contributed by atoms with Crippen LogP contribution in [-0.4, -0.2) is 309 Å². The molecule has 13 atom stereocenters. The maximum absolute atomic E-state index is 5.55. The van der Waals surface area contributed by atoms with Crippen LogP contribution in [0.25, 0.3) is 0 Å². The fourth-order valence-corrected chi connectivity index (χ4v) is 4.59. The van der Waals surface area contributed by atoms with Gasteiger partial charge in [-0.05, 0) is 90.0 Å². The molecule has 0 bridgehead atoms. The molecule has 35 nitrogen and oxygen atoms in total. The van der Waals surface area contributed by atoms with E-state index in [9.17, 15) is 0 Å². The van der Waals surface area contributed by atoms with E-state index in [1.807, 2.05) is 90.0 Å². The Morgan fingerprint density at radius 3 is 0.406 bits per heavy atom. The largest absolute Gasteiger partial charge is 0.379 e. The minimum Gasteiger partial charge on any atom is -0.379 e. The van der Waals surface area contributed by atoms with E-state index in [0.717, 1.165) is 0 Å². The first-order valence-electron chi connectivity index (χ1n) is 33.8. The highest BCUT2D eigenvalue weighted by atomic mass is 16.6. The van der Waals surface area contributed by atoms with Gasteiger partial charge in [-0.2, -0.15) is 0 Å². The van der Waals surface area contributed by atoms with Crippen LogP contribution in [0.5, 0.6) is 0 Å². The molecular formula is C61H166N22O13. The van der Waals surface area contributed by atoms with Crippen LogP contribution < -0.4 is 126 Å². The zero-order valence-corrected chi connectivity index (χ0v) is 63.3. The lowest BCUT2D eigenvalue weighted by Gasteiger charge is -2.14. The lowest BCUT2D eigenvalue weighted by molar-refractivity contribution is -0.0319. The summed E-state index contributed by atoms with van der Waals surface area (Å²) >= 11 is 0. The van der Waals surface area contributed by atoms with Crippen molar-refractivity contribution in [2.45, 2.75) is 169 Å². The zero-order valence-electron chi connectivity index (χ0n) is 63.3. The quantitative estimate of drug-likeness (QED) is 0.0252. The second-order valence-corrected chi connectivity index (χ2v) is 22.7. The molecule has 0 aromatic heterocycles. The van der Waals surface area contributed by atoms with Crippen LogP contribution in [0.1, 0.15) is 90.0 Å². The molecule has 96 heavy (non-hydrogen) atoms. The minimum atomic E-state index is 0.0673. The second-order valence-electron chi connectivity index (χ2n) is 22.7. The highest BCUT2D eigenvalue weighted by Crippen LogP contribution is 1.94. The smallest absolute Gasteiger partial charge is 0.0781 e. The number of hydrogen-bond acceptors (Lipinski definition) is 35. The molecule has 0 amide bonds. The second kappa shape index (κ2) is 110. The molecule has 35 heteroatoms. The van der Waals surface area contributed by atoms with Crippen molar-refractivity contribution >= 4 is 0 Å². The van der Waals surface area contributed by atoms with Crippen LogP contribution in [-0.2, 0) is 61.6 Å². The third kappa shape index (κ3) is 198. The van der Waals surface area contributed by atoms with E-state index >= 15 is 0 Å². The van der Waals surface area contributed by atoms with Gasteiger partial charge in [0.05, 0.1) is 171 Å². The van der Waals surface area contributed by atoms with E-state index in [0.29, 0.717) is 231 Å². The molecular weight excluding hydrogens is 1250 g/mol. The van der Waals surface area contributed by atoms with Gasteiger partial charge in [-0.15, -0.1) is 0 Å². The molecule has 0 radical (unpaired) electrons. The maximum Gasteiger partial charge on any atom is 0.0781 e. The zero-order chi connectivity index (χ0) is 76.4. The summed E-state index contributed by atoms with van der Waals surface area (Å²) in [5.41, 5.74) is 116. The van der Waals surface area contributed by atoms with Gasteiger partial charge < -0.3 is 188 Å². The van der Waals surface area contributed by atoms with Gasteiger partial charge in [0.15, 0.2) is 0 Å². The first kappa shape index (κ1) is 119. The van der Waals surface area contributed by atoms with Crippen LogP contribution in [0, 0.1) is 0 Å². The summed E-state index contributed by atoms with van der Waals surface area (Å²) in [5, 5.41) is 0. The van der Waals surface area contributed by atoms with Crippen molar-refractivity contribution in [2.75, 3.05) is 231 Å². The van der Waals surface area contributed by atoms with Crippen molar-refractivity contribution in [3.05, 3.63) is 0 Å². The first-order valence-corrected chi connectivity index (χ1v) is 33.8. The topological polar surface area (TPSA) is 692 Å². The van der Waals surface area contributed by atoms with Crippen molar-refractivity contribution < 1.29 is 61.6 Å². The summed E-state index contributed by atoms with van der Waals surface area (Å²) in [5.74, 6) is 0. The Labute approximate surface area is 585 Å². The van der Waals surface area contributed by atoms with E-state index in [4.69, 9.17) is 188 Å². The SMILES string of the molecule is CC(N)COCC(C)N.CC(N)COCC(C)N.CC(N)COCC(C)N.CC(N)COCC(C)N.CC(N)COCC(C)N.CC(N)COCCOC(C)COCC(C)N.NCCOCCN.NCCOCCN.NCCOCCN.NCCOCCN.NCCOCCN. The van der Waals surface area contributed by atoms with Crippen molar-refractivity contribution in [1.82, 2.24) is 0 Å². The average Bonchev–Trinajstić information content (AvgIpc) is 3.67. The molecule has 0 spiro atoms. The van der Waals surface area contributed by atoms with E-state index < -0.39 is 0 Å². The summed E-state index contributed by atoms with van der Waals surface area (Å²) in [6, 6.07) is 1.29. The predicted octanol–water partition coefficient (Wildman–Crippen LogP) is -6.79. The molecule has 598 valence electrons. The Morgan fingerprint density at radius 1 is 0.156 bits per heavy atom. The molecule has 0 aliphatic carbocycles. The van der Waals surface area contributed by atoms with Gasteiger partial charge in [0.25, 0.3) is 0 Å². The third-order valence-corrected chi connectivity index (χ3v) is 8.17. The van der Waals surface area contributed by atoms with Crippen LogP contribution in [0.4, 0.5) is 0 Å². The Balaban J connectivity index is -0.0000000930. The van der Waals surface area contributed by atoms with Crippen molar-refractivity contribution in [3.8, 4) is 0 Å². The van der Waals surface area contributed by atoms with Crippen molar-refractivity contribution in [3.63, 3.8) is 0 Å². The lowest BCUT2D eigenvalue weighted by atomic mass is 10.4. The first-order chi connectivity index (χ1) is 45.2. The van der Waals surface area contributed by atoms with Gasteiger partial charge in [-0.3, -0.25) is 0 Å². The monoisotopic (exact) mass is 1420 g/mol. The minimum absolute atomic E-state index is 0.0673. The molecule has 0 rings (SSSR count). The predicted molar refractivity (Wildman–Crippen MR) is 400 cm³/mol. The fourth-order valence-electron chi connectivity index (χ4n) is 4.59. The van der Waals surface area contributed by atoms with Crippen molar-refractivity contribution in [1.29, 1.82) is 0 Å². The summed E-state index contributed by atoms with van der Waals surface area (Å²) < 4.78 is 66.0. The van der Waals surface area contributed by atoms with Gasteiger partial charge in [-0.25, -0.2) is 0 Å². The van der Waals surface area contributed by atoms with Crippen LogP contribution in [0.3, 0.4) is 0 Å². The summed E-state index contributed by atoms with van der Waals surface area (Å²) in [7, 11) is 0. The Kier molecular flexibility index (Phi) is 135. The molecule has 0 aliphatic heterocycles. The van der Waals surface area contributed by atoms with Gasteiger partial charge in [0.2, 0.25) is 0 Å². The van der Waals surface area contributed by atoms with Gasteiger partial charge >= 0.3 is 0 Å². The number of nitrogens with two attached hydrogens (primary N) is 22. The van der Waals surface area contributed by atoms with Crippen LogP contribution in [0.2, 0.25) is 0 Å². The Morgan fingerprint density at radius 2 is 0.281 bits per heavy atom. The molecule has 0 fully saturated rings. The highest BCUT2D eigenvalue weighted by Gasteiger charge is 2.04. The highest BCUT2D eigenvalue weighted by molar-refractivity contribution is 4.58. The molecule has 0 aromatic rings. The third-order valence-electron chi connectivity index (χ3n) is 8.17. The van der Waals surface area contributed by atoms with Gasteiger partial charge in [0.1, 0.15) is 0 Å². The van der Waals surface area contributed by atoms with Crippen molar-refractivity contribution in [2.24, 2.45) is 126 Å². The molecule has 0 saturated heterocycles. The molecule has 0 aliphatic rings. The van der Waals surface area contributed by atoms with Crippen LogP contribution in [0.15, 0.2) is 0 Å². The summed E-state index contributed by atoms with van der Waals surface area (Å²) in [4.78, 5) is 0. The van der Waals surface area contributed by atoms with E-state index in [-0.39, 0.29) is 78.6 Å². The fraction of sp³-hybridized carbons (Fsp3) is 1.00. The molecule has 0 saturated carbocycles. The number of rotatable bonds is 50. The summed E-state index contributed by atoms with van der Waals surface area (Å²) in [6.45, 7) is 45.7. The Bertz CT molecular complexity index is 999. The van der Waals surface area contributed by atoms with Gasteiger partial charge in [-0.1, -0.05) is 0 Å². The normalized spacial score (nSPS) is 14.4. The average molecular weight is 1420 g/mol. The number of ether oxygens (including phenoxy) is 13. The molecule has 44 N–H and O–H groups in total. The Hall–Kier alpha value is -1.40. The molecule has 0 heterocycles. The maximum atomic E-state index is 5.55. The molecule has 0 aromatic carbocycles. The standard InChI is InChI=1S/C11H26N2O3.5C6H16N2O.5C4H12N2O/c1-9(12)6-14-4-5-16-11(3)8-15-7-10(2)13;5*1-5(7)3-9-4-6(2)8;5*5-1-3-7-4-2-6/h9-11H,4-8,12-13H2,1-3H3;5*5-6H,3-4,7-8H2,1-2H3;5*1-6H2. The molecule has 13 unspecified atom stereocenters. The van der Waals surface area contributed by atoms with E-state index in [1.54, 1.807) is 0 Å². The van der Waals surface area contributed by atoms with E-state index in [1.165, 1.54) is 0 Å². The summed E-state index contributed by atoms with van der Waals surface area (Å²) in [6.07, 6.45) is 0.0673. The lowest BCUT2D eigenvalue weighted by Crippen LogP contribution is -2.27.